The second-order valence-electron chi connectivity index (χ2n) is 13.2. The number of nitrogens with one attached hydrogen (secondary N) is 2. The van der Waals surface area contributed by atoms with Crippen LogP contribution in [-0.4, -0.2) is 47.1 Å². The Morgan fingerprint density at radius 2 is 1.63 bits per heavy atom. The Bertz CT molecular complexity index is 2150. The van der Waals surface area contributed by atoms with Crippen molar-refractivity contribution in [1.29, 1.82) is 0 Å². The van der Waals surface area contributed by atoms with Crippen molar-refractivity contribution in [2.45, 2.75) is 35.7 Å². The lowest BCUT2D eigenvalue weighted by molar-refractivity contribution is -0.137. The number of halogens is 3. The molecule has 4 aliphatic rings. The zero-order valence-electron chi connectivity index (χ0n) is 27.3. The van der Waals surface area contributed by atoms with Crippen molar-refractivity contribution in [3.05, 3.63) is 104 Å². The number of aromatic amines is 1. The summed E-state index contributed by atoms with van der Waals surface area (Å²) in [6.45, 7) is 1.68. The first-order chi connectivity index (χ1) is 24.9. The highest BCUT2D eigenvalue weighted by molar-refractivity contribution is 8.00. The molecular weight excluding hydrogens is 720 g/mol. The first-order valence-corrected chi connectivity index (χ1v) is 18.4. The highest BCUT2D eigenvalue weighted by Gasteiger charge is 2.70. The van der Waals surface area contributed by atoms with E-state index in [0.717, 1.165) is 32.7 Å². The van der Waals surface area contributed by atoms with Gasteiger partial charge in [0.1, 0.15) is 5.75 Å². The Kier molecular flexibility index (Phi) is 8.52. The van der Waals surface area contributed by atoms with Gasteiger partial charge in [-0.2, -0.15) is 13.2 Å². The fourth-order valence-corrected chi connectivity index (χ4v) is 11.4. The first-order valence-electron chi connectivity index (χ1n) is 16.7. The number of rotatable bonds is 8. The third-order valence-electron chi connectivity index (χ3n) is 10.5. The summed E-state index contributed by atoms with van der Waals surface area (Å²) in [5, 5.41) is 3.27. The van der Waals surface area contributed by atoms with E-state index in [9.17, 15) is 37.1 Å². The molecule has 0 unspecified atom stereocenters. The number of amides is 3. The zero-order chi connectivity index (χ0) is 36.5. The molecule has 1 aromatic heterocycles. The summed E-state index contributed by atoms with van der Waals surface area (Å²) >= 11 is 2.58. The van der Waals surface area contributed by atoms with Gasteiger partial charge in [-0.15, -0.1) is 11.8 Å². The maximum Gasteiger partial charge on any atom is 0.418 e. The number of carbonyl (C=O) groups is 4. The number of para-hydroxylation sites is 1. The molecule has 15 heteroatoms. The Morgan fingerprint density at radius 3 is 2.33 bits per heavy atom. The number of alkyl halides is 3. The van der Waals surface area contributed by atoms with Crippen molar-refractivity contribution in [2.24, 2.45) is 29.6 Å². The molecular formula is C37H30F3N3O7S2. The number of esters is 1. The summed E-state index contributed by atoms with van der Waals surface area (Å²) in [5.74, 6) is -4.16. The number of nitrogens with zero attached hydrogens (tertiary/aromatic N) is 1. The van der Waals surface area contributed by atoms with E-state index < -0.39 is 53.0 Å². The van der Waals surface area contributed by atoms with Gasteiger partial charge in [-0.25, -0.2) is 9.69 Å². The monoisotopic (exact) mass is 749 g/mol. The molecule has 3 fully saturated rings. The van der Waals surface area contributed by atoms with Crippen LogP contribution in [0, 0.1) is 29.6 Å². The average molecular weight is 750 g/mol. The molecule has 1 saturated heterocycles. The fourth-order valence-electron chi connectivity index (χ4n) is 8.56. The summed E-state index contributed by atoms with van der Waals surface area (Å²) in [5.41, 5.74) is 0.223. The van der Waals surface area contributed by atoms with E-state index in [1.807, 2.05) is 12.1 Å². The summed E-state index contributed by atoms with van der Waals surface area (Å²) in [6.07, 6.45) is -4.16. The third kappa shape index (κ3) is 5.70. The Labute approximate surface area is 302 Å². The number of imide groups is 1. The lowest BCUT2D eigenvalue weighted by atomic mass is 9.68. The quantitative estimate of drug-likeness (QED) is 0.158. The molecule has 2 aliphatic heterocycles. The first kappa shape index (κ1) is 34.2. The van der Waals surface area contributed by atoms with E-state index in [1.54, 1.807) is 43.3 Å². The van der Waals surface area contributed by atoms with E-state index in [0.29, 0.717) is 28.4 Å². The van der Waals surface area contributed by atoms with Gasteiger partial charge in [0.15, 0.2) is 6.61 Å². The largest absolute Gasteiger partial charge is 0.484 e. The average Bonchev–Trinajstić information content (AvgIpc) is 3.86. The lowest BCUT2D eigenvalue weighted by Gasteiger charge is -2.43. The molecule has 3 heterocycles. The van der Waals surface area contributed by atoms with Gasteiger partial charge in [0.25, 0.3) is 5.91 Å². The van der Waals surface area contributed by atoms with Crippen LogP contribution >= 0.6 is 23.1 Å². The van der Waals surface area contributed by atoms with Crippen molar-refractivity contribution in [2.75, 3.05) is 23.4 Å². The van der Waals surface area contributed by atoms with Crippen LogP contribution in [0.3, 0.4) is 0 Å². The fraction of sp³-hybridized carbons (Fsp3) is 0.324. The van der Waals surface area contributed by atoms with E-state index in [1.165, 1.54) is 30.0 Å². The summed E-state index contributed by atoms with van der Waals surface area (Å²) < 4.78 is 52.6. The normalized spacial score (nSPS) is 25.8. The molecule has 52 heavy (non-hydrogen) atoms. The molecule has 3 aromatic carbocycles. The minimum absolute atomic E-state index is 0.144. The third-order valence-corrected chi connectivity index (χ3v) is 13.1. The van der Waals surface area contributed by atoms with Gasteiger partial charge in [0, 0.05) is 21.7 Å². The molecule has 4 aromatic rings. The van der Waals surface area contributed by atoms with E-state index in [4.69, 9.17) is 9.47 Å². The van der Waals surface area contributed by atoms with Crippen molar-refractivity contribution in [3.8, 4) is 5.75 Å². The number of anilines is 2. The van der Waals surface area contributed by atoms with Crippen LogP contribution in [0.2, 0.25) is 0 Å². The number of fused-ring (bicyclic) bond motifs is 9. The summed E-state index contributed by atoms with van der Waals surface area (Å²) in [7, 11) is 0. The number of thiazole rings is 1. The van der Waals surface area contributed by atoms with Crippen LogP contribution < -0.4 is 19.8 Å². The van der Waals surface area contributed by atoms with Gasteiger partial charge < -0.3 is 19.8 Å². The lowest BCUT2D eigenvalue weighted by Crippen LogP contribution is -2.42. The molecule has 268 valence electrons. The highest BCUT2D eigenvalue weighted by Crippen LogP contribution is 2.69. The number of aromatic nitrogens is 1. The second kappa shape index (κ2) is 13.0. The molecule has 10 nitrogen and oxygen atoms in total. The maximum absolute atomic E-state index is 14.0. The molecule has 8 rings (SSSR count). The summed E-state index contributed by atoms with van der Waals surface area (Å²) in [6, 6.07) is 18.1. The number of hydrogen-bond donors (Lipinski definition) is 2. The van der Waals surface area contributed by atoms with Gasteiger partial charge in [0.2, 0.25) is 11.8 Å². The van der Waals surface area contributed by atoms with Crippen LogP contribution in [0.4, 0.5) is 24.5 Å². The minimum atomic E-state index is -4.75. The predicted octanol–water partition coefficient (Wildman–Crippen LogP) is 6.33. The molecule has 2 N–H and O–H groups in total. The topological polar surface area (TPSA) is 135 Å². The van der Waals surface area contributed by atoms with Crippen LogP contribution in [0.5, 0.6) is 5.75 Å². The van der Waals surface area contributed by atoms with Crippen LogP contribution in [0.25, 0.3) is 0 Å². The SMILES string of the molecule is CCOC(=O)c1ccc(NC(=O)COc2ccc([C@@H]3c4sc(=O)[nH]c4S[C@@H]4[C@@H]5C[C@@H]([C@@H]6C(=O)N(c7ccccc7C(F)(F)F)C(=O)[C@@H]56)[C@H]34)cc2)cc1. The Balaban J connectivity index is 1.01. The van der Waals surface area contributed by atoms with Gasteiger partial charge in [-0.1, -0.05) is 35.6 Å². The Hall–Kier alpha value is -4.89. The number of ether oxygens (including phenoxy) is 2. The van der Waals surface area contributed by atoms with E-state index in [-0.39, 0.29) is 47.0 Å². The van der Waals surface area contributed by atoms with Crippen LogP contribution in [0.15, 0.2) is 82.6 Å². The van der Waals surface area contributed by atoms with Crippen molar-refractivity contribution in [1.82, 2.24) is 4.98 Å². The van der Waals surface area contributed by atoms with Gasteiger partial charge in [0.05, 0.1) is 40.3 Å². The maximum atomic E-state index is 14.0. The van der Waals surface area contributed by atoms with E-state index >= 15 is 0 Å². The second-order valence-corrected chi connectivity index (χ2v) is 15.4. The molecule has 3 amide bonds. The molecule has 0 radical (unpaired) electrons. The van der Waals surface area contributed by atoms with Crippen molar-refractivity contribution in [3.63, 3.8) is 0 Å². The van der Waals surface area contributed by atoms with Crippen LogP contribution in [-0.2, 0) is 25.3 Å². The van der Waals surface area contributed by atoms with Crippen molar-refractivity contribution >= 4 is 58.2 Å². The highest BCUT2D eigenvalue weighted by atomic mass is 32.2. The number of benzene rings is 3. The molecule has 2 saturated carbocycles. The molecule has 2 aliphatic carbocycles. The molecule has 2 bridgehead atoms. The Morgan fingerprint density at radius 1 is 0.942 bits per heavy atom. The number of H-pyrrole nitrogens is 1. The number of carbonyl (C=O) groups excluding carboxylic acids is 4. The smallest absolute Gasteiger partial charge is 0.418 e. The number of hydrogen-bond acceptors (Lipinski definition) is 9. The van der Waals surface area contributed by atoms with Gasteiger partial charge in [-0.05, 0) is 85.2 Å². The standard InChI is InChI=1S/C37H30F3N3O7S2/c1-2-49-35(47)18-7-11-19(12-8-18)41-25(44)16-50-20-13-9-17(10-14-20)26-27-21-15-22(30(27)51-32-31(26)52-36(48)42-32)29-28(21)33(45)43(34(29)46)24-6-4-3-5-23(24)37(38,39)40/h3-14,21-22,26-30H,2,15-16H2,1H3,(H,41,44)(H,42,48)/t21-,22-,26+,27-,28+,29+,30-/m1/s1. The zero-order valence-corrected chi connectivity index (χ0v) is 29.0. The van der Waals surface area contributed by atoms with Gasteiger partial charge in [-0.3, -0.25) is 19.2 Å². The number of thioether (sulfide) groups is 1. The molecule has 7 atom stereocenters. The van der Waals surface area contributed by atoms with Crippen molar-refractivity contribution < 1.29 is 41.8 Å². The van der Waals surface area contributed by atoms with E-state index in [2.05, 4.69) is 10.3 Å². The minimum Gasteiger partial charge on any atom is -0.484 e. The summed E-state index contributed by atoms with van der Waals surface area (Å²) in [4.78, 5) is 69.2. The van der Waals surface area contributed by atoms with Gasteiger partial charge >= 0.3 is 17.0 Å². The van der Waals surface area contributed by atoms with Crippen LogP contribution in [0.1, 0.15) is 45.6 Å². The predicted molar refractivity (Wildman–Crippen MR) is 185 cm³/mol. The molecule has 0 spiro atoms.